The van der Waals surface area contributed by atoms with E-state index in [1.807, 2.05) is 17.0 Å². The predicted octanol–water partition coefficient (Wildman–Crippen LogP) is 5.06. The molecular weight excluding hydrogens is 494 g/mol. The fraction of sp³-hybridized carbons (Fsp3) is 0.194. The smallest absolute Gasteiger partial charge is 0.264 e. The van der Waals surface area contributed by atoms with Gasteiger partial charge in [0.15, 0.2) is 0 Å². The molecule has 1 fully saturated rings. The molecule has 0 N–H and O–H groups in total. The Morgan fingerprint density at radius 2 is 1.16 bits per heavy atom. The maximum Gasteiger partial charge on any atom is 0.264 e. The van der Waals surface area contributed by atoms with E-state index >= 15 is 0 Å². The molecule has 0 unspecified atom stereocenters. The highest BCUT2D eigenvalue weighted by Crippen LogP contribution is 2.31. The van der Waals surface area contributed by atoms with E-state index in [0.29, 0.717) is 37.4 Å². The summed E-state index contributed by atoms with van der Waals surface area (Å²) in [5, 5.41) is 0. The van der Waals surface area contributed by atoms with Crippen molar-refractivity contribution in [2.45, 2.75) is 10.9 Å². The summed E-state index contributed by atoms with van der Waals surface area (Å²) in [6, 6.07) is 36.2. The minimum atomic E-state index is -3.81. The molecule has 1 saturated heterocycles. The van der Waals surface area contributed by atoms with E-state index in [1.165, 1.54) is 22.5 Å². The van der Waals surface area contributed by atoms with Gasteiger partial charge in [-0.15, -0.1) is 0 Å². The highest BCUT2D eigenvalue weighted by Gasteiger charge is 2.31. The number of anilines is 1. The molecule has 5 rings (SSSR count). The number of amides is 1. The van der Waals surface area contributed by atoms with E-state index in [1.54, 1.807) is 54.6 Å². The van der Waals surface area contributed by atoms with E-state index in [0.717, 1.165) is 0 Å². The summed E-state index contributed by atoms with van der Waals surface area (Å²) in [7, 11) is -2.31. The molecule has 4 aromatic carbocycles. The van der Waals surface area contributed by atoms with Gasteiger partial charge < -0.3 is 4.90 Å². The zero-order chi connectivity index (χ0) is 26.5. The van der Waals surface area contributed by atoms with Crippen molar-refractivity contribution in [2.24, 2.45) is 0 Å². The number of rotatable bonds is 7. The van der Waals surface area contributed by atoms with E-state index < -0.39 is 10.0 Å². The van der Waals surface area contributed by atoms with Gasteiger partial charge in [0, 0.05) is 33.2 Å². The molecule has 6 nitrogen and oxygen atoms in total. The number of carbonyl (C=O) groups excluding carboxylic acids is 1. The molecule has 1 heterocycles. The van der Waals surface area contributed by atoms with Crippen LogP contribution in [-0.4, -0.2) is 57.4 Å². The topological polar surface area (TPSA) is 60.9 Å². The van der Waals surface area contributed by atoms with Crippen LogP contribution in [0, 0.1) is 0 Å². The lowest BCUT2D eigenvalue weighted by Crippen LogP contribution is -2.50. The Labute approximate surface area is 224 Å². The van der Waals surface area contributed by atoms with Gasteiger partial charge >= 0.3 is 0 Å². The van der Waals surface area contributed by atoms with Crippen LogP contribution in [0.4, 0.5) is 5.69 Å². The fourth-order valence-electron chi connectivity index (χ4n) is 5.05. The molecule has 1 amide bonds. The first-order chi connectivity index (χ1) is 18.5. The third-order valence-corrected chi connectivity index (χ3v) is 8.86. The van der Waals surface area contributed by atoms with Crippen LogP contribution >= 0.6 is 0 Å². The number of carbonyl (C=O) groups is 1. The zero-order valence-corrected chi connectivity index (χ0v) is 22.2. The first kappa shape index (κ1) is 25.7. The van der Waals surface area contributed by atoms with Gasteiger partial charge in [0.25, 0.3) is 15.9 Å². The summed E-state index contributed by atoms with van der Waals surface area (Å²) < 4.78 is 27.7. The minimum absolute atomic E-state index is 0.101. The van der Waals surface area contributed by atoms with Crippen LogP contribution in [0.1, 0.15) is 27.5 Å². The van der Waals surface area contributed by atoms with E-state index in [9.17, 15) is 13.2 Å². The van der Waals surface area contributed by atoms with Crippen molar-refractivity contribution in [2.75, 3.05) is 37.5 Å². The molecule has 0 atom stereocenters. The van der Waals surface area contributed by atoms with Crippen LogP contribution in [0.25, 0.3) is 0 Å². The van der Waals surface area contributed by atoms with Gasteiger partial charge in [-0.2, -0.15) is 0 Å². The molecule has 1 aliphatic rings. The van der Waals surface area contributed by atoms with Crippen molar-refractivity contribution < 1.29 is 13.2 Å². The third kappa shape index (κ3) is 5.21. The summed E-state index contributed by atoms with van der Waals surface area (Å²) in [6.07, 6.45) is 0. The van der Waals surface area contributed by atoms with Crippen LogP contribution in [-0.2, 0) is 10.0 Å². The standard InChI is InChI=1S/C31H31N3O3S/c1-32(38(36,37)27-17-9-4-10-18-27)29-20-12-11-19-28(29)31(35)34-23-21-33(22-24-34)30(25-13-5-2-6-14-25)26-15-7-3-8-16-26/h2-20,30H,21-24H2,1H3. The Kier molecular flexibility index (Phi) is 7.58. The fourth-order valence-corrected chi connectivity index (χ4v) is 6.28. The van der Waals surface area contributed by atoms with E-state index in [-0.39, 0.29) is 16.8 Å². The van der Waals surface area contributed by atoms with Crippen LogP contribution in [0.3, 0.4) is 0 Å². The lowest BCUT2D eigenvalue weighted by atomic mass is 9.96. The van der Waals surface area contributed by atoms with Gasteiger partial charge in [-0.3, -0.25) is 14.0 Å². The van der Waals surface area contributed by atoms with Gasteiger partial charge in [-0.05, 0) is 35.4 Å². The Morgan fingerprint density at radius 1 is 0.684 bits per heavy atom. The Balaban J connectivity index is 1.36. The quantitative estimate of drug-likeness (QED) is 0.339. The first-order valence-corrected chi connectivity index (χ1v) is 14.2. The minimum Gasteiger partial charge on any atom is -0.336 e. The second-order valence-electron chi connectivity index (χ2n) is 9.35. The number of sulfonamides is 1. The number of piperazine rings is 1. The summed E-state index contributed by atoms with van der Waals surface area (Å²) in [5.41, 5.74) is 3.19. The average molecular weight is 526 g/mol. The maximum absolute atomic E-state index is 13.7. The molecule has 7 heteroatoms. The van der Waals surface area contributed by atoms with Gasteiger partial charge in [0.05, 0.1) is 22.2 Å². The summed E-state index contributed by atoms with van der Waals surface area (Å²) in [6.45, 7) is 2.53. The van der Waals surface area contributed by atoms with Crippen LogP contribution < -0.4 is 4.31 Å². The molecule has 0 aromatic heterocycles. The monoisotopic (exact) mass is 525 g/mol. The van der Waals surface area contributed by atoms with Crippen molar-refractivity contribution in [1.29, 1.82) is 0 Å². The number of benzene rings is 4. The second kappa shape index (κ2) is 11.2. The largest absolute Gasteiger partial charge is 0.336 e. The molecule has 0 aliphatic carbocycles. The molecule has 1 aliphatic heterocycles. The van der Waals surface area contributed by atoms with Crippen LogP contribution in [0.15, 0.2) is 120 Å². The highest BCUT2D eigenvalue weighted by molar-refractivity contribution is 7.92. The number of para-hydroxylation sites is 1. The van der Waals surface area contributed by atoms with Crippen molar-refractivity contribution in [3.63, 3.8) is 0 Å². The van der Waals surface area contributed by atoms with E-state index in [4.69, 9.17) is 0 Å². The number of hydrogen-bond acceptors (Lipinski definition) is 4. The van der Waals surface area contributed by atoms with Crippen molar-refractivity contribution in [1.82, 2.24) is 9.80 Å². The predicted molar refractivity (Wildman–Crippen MR) is 151 cm³/mol. The molecule has 0 spiro atoms. The van der Waals surface area contributed by atoms with Crippen molar-refractivity contribution in [3.8, 4) is 0 Å². The zero-order valence-electron chi connectivity index (χ0n) is 21.4. The van der Waals surface area contributed by atoms with Gasteiger partial charge in [0.1, 0.15) is 0 Å². The Morgan fingerprint density at radius 3 is 1.71 bits per heavy atom. The number of nitrogens with zero attached hydrogens (tertiary/aromatic N) is 3. The van der Waals surface area contributed by atoms with Gasteiger partial charge in [-0.1, -0.05) is 91.0 Å². The van der Waals surface area contributed by atoms with Crippen LogP contribution in [0.2, 0.25) is 0 Å². The summed E-state index contributed by atoms with van der Waals surface area (Å²) in [5.74, 6) is -0.161. The maximum atomic E-state index is 13.7. The Bertz CT molecular complexity index is 1430. The normalized spacial score (nSPS) is 14.4. The summed E-state index contributed by atoms with van der Waals surface area (Å²) in [4.78, 5) is 18.1. The van der Waals surface area contributed by atoms with Crippen molar-refractivity contribution in [3.05, 3.63) is 132 Å². The summed E-state index contributed by atoms with van der Waals surface area (Å²) >= 11 is 0. The molecule has 0 saturated carbocycles. The number of hydrogen-bond donors (Lipinski definition) is 0. The SMILES string of the molecule is CN(c1ccccc1C(=O)N1CCN(C(c2ccccc2)c2ccccc2)CC1)S(=O)(=O)c1ccccc1. The molecule has 0 radical (unpaired) electrons. The molecule has 0 bridgehead atoms. The van der Waals surface area contributed by atoms with E-state index in [2.05, 4.69) is 53.4 Å². The molecule has 38 heavy (non-hydrogen) atoms. The highest BCUT2D eigenvalue weighted by atomic mass is 32.2. The molecule has 4 aromatic rings. The molecule has 194 valence electrons. The van der Waals surface area contributed by atoms with Gasteiger partial charge in [0.2, 0.25) is 0 Å². The van der Waals surface area contributed by atoms with Crippen molar-refractivity contribution >= 4 is 21.6 Å². The first-order valence-electron chi connectivity index (χ1n) is 12.7. The Hall–Kier alpha value is -3.94. The lowest BCUT2D eigenvalue weighted by molar-refractivity contribution is 0.0598. The molecular formula is C31H31N3O3S. The average Bonchev–Trinajstić information content (AvgIpc) is 2.98. The third-order valence-electron chi connectivity index (χ3n) is 7.07. The second-order valence-corrected chi connectivity index (χ2v) is 11.3. The van der Waals surface area contributed by atoms with Crippen LogP contribution in [0.5, 0.6) is 0 Å². The van der Waals surface area contributed by atoms with Gasteiger partial charge in [-0.25, -0.2) is 8.42 Å². The lowest BCUT2D eigenvalue weighted by Gasteiger charge is -2.40.